The van der Waals surface area contributed by atoms with E-state index in [0.29, 0.717) is 5.56 Å². The number of carbonyl (C=O) groups is 2. The molecule has 0 aliphatic heterocycles. The number of carbonyl (C=O) groups excluding carboxylic acids is 2. The van der Waals surface area contributed by atoms with Crippen molar-refractivity contribution in [3.05, 3.63) is 34.3 Å². The van der Waals surface area contributed by atoms with Crippen molar-refractivity contribution >= 4 is 35.0 Å². The Labute approximate surface area is 110 Å². The Balaban J connectivity index is 3.15. The van der Waals surface area contributed by atoms with Gasteiger partial charge in [0.1, 0.15) is 5.38 Å². The Hall–Kier alpha value is -1.06. The number of halogens is 2. The highest BCUT2D eigenvalue weighted by Crippen LogP contribution is 2.31. The third-order valence-corrected chi connectivity index (χ3v) is 3.12. The van der Waals surface area contributed by atoms with Crippen LogP contribution in [0.4, 0.5) is 0 Å². The predicted octanol–water partition coefficient (Wildman–Crippen LogP) is 3.39. The van der Waals surface area contributed by atoms with Gasteiger partial charge in [0.25, 0.3) is 0 Å². The largest absolute Gasteiger partial charge is 0.462 e. The van der Waals surface area contributed by atoms with Crippen molar-refractivity contribution in [2.24, 2.45) is 0 Å². The molecular formula is C12H12Cl2O3. The number of benzene rings is 1. The van der Waals surface area contributed by atoms with Crippen LogP contribution >= 0.6 is 23.2 Å². The average molecular weight is 275 g/mol. The van der Waals surface area contributed by atoms with Crippen molar-refractivity contribution in [1.29, 1.82) is 0 Å². The molecule has 0 aliphatic rings. The SMILES string of the molecule is CCOC(=O)c1cccc(C(Cl)C(C)=O)c1Cl. The van der Waals surface area contributed by atoms with Gasteiger partial charge < -0.3 is 4.74 Å². The topological polar surface area (TPSA) is 43.4 Å². The minimum atomic E-state index is -0.850. The Morgan fingerprint density at radius 1 is 1.41 bits per heavy atom. The van der Waals surface area contributed by atoms with Gasteiger partial charge in [-0.25, -0.2) is 4.79 Å². The van der Waals surface area contributed by atoms with Crippen LogP contribution in [0.1, 0.15) is 35.1 Å². The van der Waals surface area contributed by atoms with E-state index < -0.39 is 11.3 Å². The first-order chi connectivity index (χ1) is 7.99. The molecule has 0 radical (unpaired) electrons. The van der Waals surface area contributed by atoms with Gasteiger partial charge in [0, 0.05) is 0 Å². The van der Waals surface area contributed by atoms with Gasteiger partial charge in [-0.15, -0.1) is 11.6 Å². The van der Waals surface area contributed by atoms with E-state index in [1.165, 1.54) is 13.0 Å². The van der Waals surface area contributed by atoms with E-state index in [9.17, 15) is 9.59 Å². The number of ketones is 1. The molecule has 92 valence electrons. The Morgan fingerprint density at radius 3 is 2.59 bits per heavy atom. The summed E-state index contributed by atoms with van der Waals surface area (Å²) in [5, 5.41) is -0.682. The molecule has 0 saturated carbocycles. The first-order valence-corrected chi connectivity index (χ1v) is 5.90. The van der Waals surface area contributed by atoms with Crippen LogP contribution in [0.5, 0.6) is 0 Å². The minimum Gasteiger partial charge on any atom is -0.462 e. The van der Waals surface area contributed by atoms with Gasteiger partial charge in [-0.2, -0.15) is 0 Å². The normalized spacial score (nSPS) is 12.0. The fraction of sp³-hybridized carbons (Fsp3) is 0.333. The summed E-state index contributed by atoms with van der Waals surface area (Å²) < 4.78 is 4.85. The van der Waals surface area contributed by atoms with E-state index in [0.717, 1.165) is 0 Å². The smallest absolute Gasteiger partial charge is 0.339 e. The highest BCUT2D eigenvalue weighted by Gasteiger charge is 2.21. The third-order valence-electron chi connectivity index (χ3n) is 2.15. The zero-order valence-electron chi connectivity index (χ0n) is 9.50. The van der Waals surface area contributed by atoms with Gasteiger partial charge in [-0.05, 0) is 25.5 Å². The monoisotopic (exact) mass is 274 g/mol. The molecule has 0 heterocycles. The maximum atomic E-state index is 11.6. The van der Waals surface area contributed by atoms with Crippen molar-refractivity contribution in [2.45, 2.75) is 19.2 Å². The predicted molar refractivity (Wildman–Crippen MR) is 66.7 cm³/mol. The summed E-state index contributed by atoms with van der Waals surface area (Å²) in [6.07, 6.45) is 0. The minimum absolute atomic E-state index is 0.168. The lowest BCUT2D eigenvalue weighted by Crippen LogP contribution is -2.09. The van der Waals surface area contributed by atoms with Crippen LogP contribution in [-0.4, -0.2) is 18.4 Å². The molecule has 0 aliphatic carbocycles. The van der Waals surface area contributed by atoms with Gasteiger partial charge in [-0.1, -0.05) is 23.7 Å². The van der Waals surface area contributed by atoms with Crippen LogP contribution in [0.2, 0.25) is 5.02 Å². The summed E-state index contributed by atoms with van der Waals surface area (Å²) >= 11 is 12.0. The zero-order valence-corrected chi connectivity index (χ0v) is 11.0. The molecule has 0 spiro atoms. The highest BCUT2D eigenvalue weighted by molar-refractivity contribution is 6.37. The second-order valence-electron chi connectivity index (χ2n) is 3.40. The van der Waals surface area contributed by atoms with Crippen molar-refractivity contribution in [2.75, 3.05) is 6.61 Å². The average Bonchev–Trinajstić information content (AvgIpc) is 2.28. The van der Waals surface area contributed by atoms with Crippen LogP contribution in [0.3, 0.4) is 0 Å². The molecule has 0 bridgehead atoms. The number of Topliss-reactive ketones (excluding diaryl/α,β-unsaturated/α-hetero) is 1. The van der Waals surface area contributed by atoms with Gasteiger partial charge in [-0.3, -0.25) is 4.79 Å². The summed E-state index contributed by atoms with van der Waals surface area (Å²) in [5.74, 6) is -0.749. The molecule has 5 heteroatoms. The lowest BCUT2D eigenvalue weighted by atomic mass is 10.1. The first-order valence-electron chi connectivity index (χ1n) is 5.09. The molecule has 0 saturated heterocycles. The van der Waals surface area contributed by atoms with Crippen molar-refractivity contribution in [3.63, 3.8) is 0 Å². The van der Waals surface area contributed by atoms with Crippen LogP contribution in [0, 0.1) is 0 Å². The van der Waals surface area contributed by atoms with Gasteiger partial charge in [0.05, 0.1) is 17.2 Å². The van der Waals surface area contributed by atoms with E-state index in [4.69, 9.17) is 27.9 Å². The number of esters is 1. The van der Waals surface area contributed by atoms with Crippen molar-refractivity contribution in [3.8, 4) is 0 Å². The molecule has 1 aromatic carbocycles. The maximum absolute atomic E-state index is 11.6. The quantitative estimate of drug-likeness (QED) is 0.625. The summed E-state index contributed by atoms with van der Waals surface area (Å²) in [6.45, 7) is 3.33. The van der Waals surface area contributed by atoms with Crippen LogP contribution in [0.25, 0.3) is 0 Å². The third kappa shape index (κ3) is 3.20. The molecule has 0 aromatic heterocycles. The Bertz CT molecular complexity index is 443. The Morgan fingerprint density at radius 2 is 2.06 bits per heavy atom. The zero-order chi connectivity index (χ0) is 13.0. The van der Waals surface area contributed by atoms with E-state index >= 15 is 0 Å². The van der Waals surface area contributed by atoms with Crippen LogP contribution in [-0.2, 0) is 9.53 Å². The fourth-order valence-corrected chi connectivity index (χ4v) is 1.88. The van der Waals surface area contributed by atoms with Crippen molar-refractivity contribution in [1.82, 2.24) is 0 Å². The molecule has 1 unspecified atom stereocenters. The number of hydrogen-bond acceptors (Lipinski definition) is 3. The molecule has 1 aromatic rings. The van der Waals surface area contributed by atoms with Crippen molar-refractivity contribution < 1.29 is 14.3 Å². The molecule has 3 nitrogen and oxygen atoms in total. The number of hydrogen-bond donors (Lipinski definition) is 0. The Kier molecular flexibility index (Phi) is 4.97. The maximum Gasteiger partial charge on any atom is 0.339 e. The molecule has 17 heavy (non-hydrogen) atoms. The molecule has 0 amide bonds. The number of rotatable bonds is 4. The van der Waals surface area contributed by atoms with E-state index in [1.54, 1.807) is 19.1 Å². The van der Waals surface area contributed by atoms with Gasteiger partial charge in [0.15, 0.2) is 5.78 Å². The highest BCUT2D eigenvalue weighted by atomic mass is 35.5. The van der Waals surface area contributed by atoms with E-state index in [1.807, 2.05) is 0 Å². The van der Waals surface area contributed by atoms with E-state index in [-0.39, 0.29) is 23.0 Å². The molecule has 0 N–H and O–H groups in total. The summed E-state index contributed by atoms with van der Waals surface area (Å²) in [7, 11) is 0. The lowest BCUT2D eigenvalue weighted by molar-refractivity contribution is -0.116. The summed E-state index contributed by atoms with van der Waals surface area (Å²) in [4.78, 5) is 22.8. The molecule has 1 rings (SSSR count). The summed E-state index contributed by atoms with van der Waals surface area (Å²) in [6, 6.07) is 4.77. The number of alkyl halides is 1. The second kappa shape index (κ2) is 6.03. The second-order valence-corrected chi connectivity index (χ2v) is 4.22. The standard InChI is InChI=1S/C12H12Cl2O3/c1-3-17-12(16)9-6-4-5-8(11(9)14)10(13)7(2)15/h4-6,10H,3H2,1-2H3. The van der Waals surface area contributed by atoms with Crippen LogP contribution < -0.4 is 0 Å². The summed E-state index contributed by atoms with van der Waals surface area (Å²) in [5.41, 5.74) is 0.643. The molecular weight excluding hydrogens is 263 g/mol. The fourth-order valence-electron chi connectivity index (χ4n) is 1.33. The van der Waals surface area contributed by atoms with Crippen LogP contribution in [0.15, 0.2) is 18.2 Å². The van der Waals surface area contributed by atoms with Gasteiger partial charge in [0.2, 0.25) is 0 Å². The lowest BCUT2D eigenvalue weighted by Gasteiger charge is -2.11. The van der Waals surface area contributed by atoms with Gasteiger partial charge >= 0.3 is 5.97 Å². The van der Waals surface area contributed by atoms with E-state index in [2.05, 4.69) is 0 Å². The number of ether oxygens (including phenoxy) is 1. The first kappa shape index (κ1) is 14.0. The molecule has 0 fully saturated rings. The molecule has 1 atom stereocenters.